The summed E-state index contributed by atoms with van der Waals surface area (Å²) in [6.07, 6.45) is 0. The van der Waals surface area contributed by atoms with E-state index < -0.39 is 16.7 Å². The highest BCUT2D eigenvalue weighted by molar-refractivity contribution is 6.38. The normalized spacial score (nSPS) is 14.8. The lowest BCUT2D eigenvalue weighted by Crippen LogP contribution is -2.18. The van der Waals surface area contributed by atoms with E-state index in [9.17, 15) is 4.79 Å². The summed E-state index contributed by atoms with van der Waals surface area (Å²) < 4.78 is 0. The van der Waals surface area contributed by atoms with Crippen LogP contribution in [0.4, 0.5) is 0 Å². The lowest BCUT2D eigenvalue weighted by Gasteiger charge is -2.13. The largest absolute Gasteiger partial charge is 0.480 e. The van der Waals surface area contributed by atoms with Crippen LogP contribution in [0.2, 0.25) is 5.02 Å². The number of halogens is 3. The highest BCUT2D eigenvalue weighted by Gasteiger charge is 2.26. The maximum atomic E-state index is 10.6. The summed E-state index contributed by atoms with van der Waals surface area (Å²) in [4.78, 5) is 10.6. The van der Waals surface area contributed by atoms with Crippen molar-refractivity contribution in [1.29, 1.82) is 0 Å². The SMILES string of the molecule is O=C(O)C(Cl)C(Cl)c1ccccc1Cl. The van der Waals surface area contributed by atoms with Gasteiger partial charge in [-0.2, -0.15) is 0 Å². The molecule has 14 heavy (non-hydrogen) atoms. The summed E-state index contributed by atoms with van der Waals surface area (Å²) >= 11 is 17.3. The summed E-state index contributed by atoms with van der Waals surface area (Å²) in [6.45, 7) is 0. The lowest BCUT2D eigenvalue weighted by molar-refractivity contribution is -0.136. The van der Waals surface area contributed by atoms with Gasteiger partial charge in [0.2, 0.25) is 0 Å². The molecular formula is C9H7Cl3O2. The van der Waals surface area contributed by atoms with Crippen molar-refractivity contribution < 1.29 is 9.90 Å². The van der Waals surface area contributed by atoms with E-state index in [0.29, 0.717) is 10.6 Å². The Bertz CT molecular complexity index is 341. The van der Waals surface area contributed by atoms with E-state index in [2.05, 4.69) is 0 Å². The number of alkyl halides is 2. The zero-order valence-corrected chi connectivity index (χ0v) is 9.22. The van der Waals surface area contributed by atoms with Gasteiger partial charge in [-0.05, 0) is 11.6 Å². The van der Waals surface area contributed by atoms with Gasteiger partial charge in [-0.3, -0.25) is 4.79 Å². The van der Waals surface area contributed by atoms with E-state index in [0.717, 1.165) is 0 Å². The minimum absolute atomic E-state index is 0.416. The molecule has 1 aromatic rings. The molecule has 0 spiro atoms. The fourth-order valence-electron chi connectivity index (χ4n) is 0.982. The van der Waals surface area contributed by atoms with Gasteiger partial charge in [0.15, 0.2) is 5.38 Å². The quantitative estimate of drug-likeness (QED) is 0.839. The first-order valence-electron chi connectivity index (χ1n) is 3.79. The topological polar surface area (TPSA) is 37.3 Å². The Balaban J connectivity index is 2.94. The Kier molecular flexibility index (Phi) is 4.05. The van der Waals surface area contributed by atoms with Gasteiger partial charge < -0.3 is 5.11 Å². The summed E-state index contributed by atoms with van der Waals surface area (Å²) in [5, 5.41) is 7.05. The molecule has 0 saturated heterocycles. The molecule has 0 amide bonds. The Morgan fingerprint density at radius 1 is 1.29 bits per heavy atom. The second-order valence-electron chi connectivity index (χ2n) is 2.66. The number of benzene rings is 1. The standard InChI is InChI=1S/C9H7Cl3O2/c10-6-4-2-1-3-5(6)7(11)8(12)9(13)14/h1-4,7-8H,(H,13,14). The molecule has 0 saturated carbocycles. The molecule has 2 atom stereocenters. The monoisotopic (exact) mass is 252 g/mol. The molecular weight excluding hydrogens is 246 g/mol. The number of hydrogen-bond acceptors (Lipinski definition) is 1. The Hall–Kier alpha value is -0.440. The predicted octanol–water partition coefficient (Wildman–Crippen LogP) is 3.31. The van der Waals surface area contributed by atoms with Crippen molar-refractivity contribution in [3.05, 3.63) is 34.9 Å². The first-order valence-corrected chi connectivity index (χ1v) is 5.04. The highest BCUT2D eigenvalue weighted by atomic mass is 35.5. The molecule has 0 bridgehead atoms. The summed E-state index contributed by atoms with van der Waals surface area (Å²) in [5.41, 5.74) is 0.526. The third-order valence-corrected chi connectivity index (χ3v) is 3.09. The molecule has 0 radical (unpaired) electrons. The molecule has 0 aliphatic carbocycles. The molecule has 1 aromatic carbocycles. The van der Waals surface area contributed by atoms with Crippen LogP contribution in [0.5, 0.6) is 0 Å². The molecule has 76 valence electrons. The van der Waals surface area contributed by atoms with Crippen LogP contribution in [-0.4, -0.2) is 16.5 Å². The van der Waals surface area contributed by atoms with Crippen LogP contribution in [0, 0.1) is 0 Å². The fourth-order valence-corrected chi connectivity index (χ4v) is 1.72. The van der Waals surface area contributed by atoms with Crippen molar-refractivity contribution in [2.45, 2.75) is 10.8 Å². The molecule has 0 fully saturated rings. The van der Waals surface area contributed by atoms with Crippen LogP contribution in [0.15, 0.2) is 24.3 Å². The van der Waals surface area contributed by atoms with E-state index in [-0.39, 0.29) is 0 Å². The maximum absolute atomic E-state index is 10.6. The molecule has 5 heteroatoms. The van der Waals surface area contributed by atoms with Crippen molar-refractivity contribution in [2.75, 3.05) is 0 Å². The van der Waals surface area contributed by atoms with Gasteiger partial charge in [-0.1, -0.05) is 29.8 Å². The maximum Gasteiger partial charge on any atom is 0.323 e. The molecule has 1 N–H and O–H groups in total. The van der Waals surface area contributed by atoms with Gasteiger partial charge in [-0.15, -0.1) is 23.2 Å². The average Bonchev–Trinajstić information content (AvgIpc) is 2.16. The van der Waals surface area contributed by atoms with Gasteiger partial charge in [0.1, 0.15) is 0 Å². The molecule has 0 aliphatic rings. The minimum atomic E-state index is -1.18. The molecule has 0 aliphatic heterocycles. The number of carboxylic acid groups (broad SMARTS) is 1. The third-order valence-electron chi connectivity index (χ3n) is 1.70. The van der Waals surface area contributed by atoms with Crippen LogP contribution in [0.1, 0.15) is 10.9 Å². The van der Waals surface area contributed by atoms with E-state index >= 15 is 0 Å². The average molecular weight is 254 g/mol. The highest BCUT2D eigenvalue weighted by Crippen LogP contribution is 2.32. The van der Waals surface area contributed by atoms with Gasteiger partial charge in [0, 0.05) is 5.02 Å². The molecule has 2 nitrogen and oxygen atoms in total. The Morgan fingerprint density at radius 3 is 2.36 bits per heavy atom. The molecule has 0 aromatic heterocycles. The smallest absolute Gasteiger partial charge is 0.323 e. The zero-order chi connectivity index (χ0) is 10.7. The van der Waals surface area contributed by atoms with Gasteiger partial charge >= 0.3 is 5.97 Å². The van der Waals surface area contributed by atoms with Gasteiger partial charge in [0.05, 0.1) is 5.38 Å². The summed E-state index contributed by atoms with van der Waals surface area (Å²) in [5.74, 6) is -1.16. The number of rotatable bonds is 3. The van der Waals surface area contributed by atoms with Gasteiger partial charge in [0.25, 0.3) is 0 Å². The predicted molar refractivity (Wildman–Crippen MR) is 57.3 cm³/mol. The number of carboxylic acids is 1. The number of aliphatic carboxylic acids is 1. The number of hydrogen-bond donors (Lipinski definition) is 1. The minimum Gasteiger partial charge on any atom is -0.480 e. The molecule has 0 heterocycles. The Morgan fingerprint density at radius 2 is 1.86 bits per heavy atom. The second-order valence-corrected chi connectivity index (χ2v) is 4.01. The van der Waals surface area contributed by atoms with Crippen molar-refractivity contribution in [2.24, 2.45) is 0 Å². The van der Waals surface area contributed by atoms with Crippen LogP contribution < -0.4 is 0 Å². The van der Waals surface area contributed by atoms with Crippen molar-refractivity contribution in [1.82, 2.24) is 0 Å². The third kappa shape index (κ3) is 2.53. The van der Waals surface area contributed by atoms with Crippen molar-refractivity contribution in [3.63, 3.8) is 0 Å². The number of carbonyl (C=O) groups is 1. The summed E-state index contributed by atoms with van der Waals surface area (Å²) in [6, 6.07) is 6.75. The van der Waals surface area contributed by atoms with Crippen LogP contribution in [0.25, 0.3) is 0 Å². The van der Waals surface area contributed by atoms with E-state index in [1.54, 1.807) is 24.3 Å². The van der Waals surface area contributed by atoms with Crippen LogP contribution in [-0.2, 0) is 4.79 Å². The van der Waals surface area contributed by atoms with E-state index in [1.165, 1.54) is 0 Å². The van der Waals surface area contributed by atoms with Gasteiger partial charge in [-0.25, -0.2) is 0 Å². The first-order chi connectivity index (χ1) is 6.54. The van der Waals surface area contributed by atoms with Crippen LogP contribution >= 0.6 is 34.8 Å². The van der Waals surface area contributed by atoms with E-state index in [4.69, 9.17) is 39.9 Å². The molecule has 1 rings (SSSR count). The lowest BCUT2D eigenvalue weighted by atomic mass is 10.1. The van der Waals surface area contributed by atoms with Crippen LogP contribution in [0.3, 0.4) is 0 Å². The van der Waals surface area contributed by atoms with Crippen molar-refractivity contribution in [3.8, 4) is 0 Å². The fraction of sp³-hybridized carbons (Fsp3) is 0.222. The zero-order valence-electron chi connectivity index (χ0n) is 6.95. The van der Waals surface area contributed by atoms with Crippen molar-refractivity contribution >= 4 is 40.8 Å². The summed E-state index contributed by atoms with van der Waals surface area (Å²) in [7, 11) is 0. The Labute approximate surface area is 96.4 Å². The van der Waals surface area contributed by atoms with E-state index in [1.807, 2.05) is 0 Å². The second kappa shape index (κ2) is 4.87. The first kappa shape index (κ1) is 11.6. The molecule has 2 unspecified atom stereocenters.